The summed E-state index contributed by atoms with van der Waals surface area (Å²) < 4.78 is 2.67. The van der Waals surface area contributed by atoms with E-state index in [0.717, 1.165) is 59.5 Å². The molecule has 4 rings (SSSR count). The van der Waals surface area contributed by atoms with Crippen molar-refractivity contribution in [1.29, 1.82) is 0 Å². The van der Waals surface area contributed by atoms with Gasteiger partial charge in [-0.15, -0.1) is 0 Å². The van der Waals surface area contributed by atoms with Gasteiger partial charge in [-0.1, -0.05) is 38.1 Å². The maximum absolute atomic E-state index is 12.1. The Morgan fingerprint density at radius 3 is 2.73 bits per heavy atom. The second kappa shape index (κ2) is 10.1. The number of hydrogen-bond acceptors (Lipinski definition) is 4. The molecule has 1 saturated carbocycles. The van der Waals surface area contributed by atoms with E-state index < -0.39 is 0 Å². The van der Waals surface area contributed by atoms with Gasteiger partial charge < -0.3 is 10.2 Å². The van der Waals surface area contributed by atoms with Crippen molar-refractivity contribution >= 4 is 33.3 Å². The van der Waals surface area contributed by atoms with Crippen LogP contribution < -0.4 is 5.32 Å². The lowest BCUT2D eigenvalue weighted by molar-refractivity contribution is -0.131. The van der Waals surface area contributed by atoms with Crippen LogP contribution in [0.3, 0.4) is 0 Å². The first-order chi connectivity index (χ1) is 14.5. The Kier molecular flexibility index (Phi) is 7.48. The molecule has 0 unspecified atom stereocenters. The molecule has 0 bridgehead atoms. The fourth-order valence-corrected chi connectivity index (χ4v) is 3.69. The standard InChI is InChI=1S/C21H24BrN5O.C2H6/c1-14-6-3-4-7-16(14)18-12-19(27-20(25-18)17(22)13-24-27)23-10-5-11-26(2)21(28)15-8-9-15;1-2/h3-4,6-7,12-13,15,23H,5,8-11H2,1-2H3;1-2H3. The highest BCUT2D eigenvalue weighted by Crippen LogP contribution is 2.30. The largest absolute Gasteiger partial charge is 0.370 e. The molecule has 2 aromatic heterocycles. The molecule has 0 saturated heterocycles. The third kappa shape index (κ3) is 5.01. The Morgan fingerprint density at radius 2 is 2.03 bits per heavy atom. The van der Waals surface area contributed by atoms with Crippen LogP contribution >= 0.6 is 15.9 Å². The van der Waals surface area contributed by atoms with Gasteiger partial charge in [0.15, 0.2) is 5.65 Å². The fourth-order valence-electron chi connectivity index (χ4n) is 3.35. The zero-order chi connectivity index (χ0) is 21.7. The lowest BCUT2D eigenvalue weighted by Crippen LogP contribution is -2.30. The molecule has 3 aromatic rings. The molecule has 1 amide bonds. The van der Waals surface area contributed by atoms with E-state index >= 15 is 0 Å². The predicted octanol–water partition coefficient (Wildman–Crippen LogP) is 5.16. The molecule has 2 heterocycles. The number of aryl methyl sites for hydroxylation is 1. The van der Waals surface area contributed by atoms with E-state index in [1.165, 1.54) is 5.56 Å². The van der Waals surface area contributed by atoms with Crippen LogP contribution in [0.5, 0.6) is 0 Å². The van der Waals surface area contributed by atoms with Crippen LogP contribution in [0, 0.1) is 12.8 Å². The summed E-state index contributed by atoms with van der Waals surface area (Å²) in [5.74, 6) is 1.45. The molecule has 1 N–H and O–H groups in total. The molecular weight excluding hydrogens is 442 g/mol. The smallest absolute Gasteiger partial charge is 0.225 e. The van der Waals surface area contributed by atoms with Crippen molar-refractivity contribution in [2.24, 2.45) is 5.92 Å². The van der Waals surface area contributed by atoms with Crippen LogP contribution in [-0.2, 0) is 4.79 Å². The number of aromatic nitrogens is 3. The molecule has 0 radical (unpaired) electrons. The molecule has 7 heteroatoms. The van der Waals surface area contributed by atoms with Gasteiger partial charge in [0, 0.05) is 37.7 Å². The second-order valence-electron chi connectivity index (χ2n) is 7.38. The number of rotatable bonds is 7. The molecule has 0 spiro atoms. The maximum Gasteiger partial charge on any atom is 0.225 e. The molecule has 160 valence electrons. The Morgan fingerprint density at radius 1 is 1.30 bits per heavy atom. The normalized spacial score (nSPS) is 13.0. The minimum absolute atomic E-state index is 0.274. The zero-order valence-corrected chi connectivity index (χ0v) is 19.7. The van der Waals surface area contributed by atoms with E-state index in [4.69, 9.17) is 4.98 Å². The second-order valence-corrected chi connectivity index (χ2v) is 8.24. The molecule has 0 atom stereocenters. The Balaban J connectivity index is 0.00000124. The zero-order valence-electron chi connectivity index (χ0n) is 18.2. The van der Waals surface area contributed by atoms with Crippen molar-refractivity contribution in [3.63, 3.8) is 0 Å². The monoisotopic (exact) mass is 471 g/mol. The van der Waals surface area contributed by atoms with Gasteiger partial charge in [-0.2, -0.15) is 9.61 Å². The summed E-state index contributed by atoms with van der Waals surface area (Å²) in [5, 5.41) is 7.90. The molecule has 30 heavy (non-hydrogen) atoms. The summed E-state index contributed by atoms with van der Waals surface area (Å²) in [6.07, 6.45) is 4.73. The van der Waals surface area contributed by atoms with Gasteiger partial charge in [0.1, 0.15) is 5.82 Å². The van der Waals surface area contributed by atoms with Gasteiger partial charge in [-0.3, -0.25) is 4.79 Å². The van der Waals surface area contributed by atoms with Gasteiger partial charge in [0.2, 0.25) is 5.91 Å². The summed E-state index contributed by atoms with van der Waals surface area (Å²) in [4.78, 5) is 18.7. The van der Waals surface area contributed by atoms with Gasteiger partial charge in [0.05, 0.1) is 16.4 Å². The van der Waals surface area contributed by atoms with Crippen molar-refractivity contribution < 1.29 is 4.79 Å². The van der Waals surface area contributed by atoms with E-state index in [-0.39, 0.29) is 11.8 Å². The highest BCUT2D eigenvalue weighted by molar-refractivity contribution is 9.10. The van der Waals surface area contributed by atoms with Crippen LogP contribution in [0.2, 0.25) is 0 Å². The number of nitrogens with one attached hydrogen (secondary N) is 1. The first kappa shape index (κ1) is 22.3. The van der Waals surface area contributed by atoms with Gasteiger partial charge in [0.25, 0.3) is 0 Å². The molecular formula is C23H30BrN5O. The number of benzene rings is 1. The van der Waals surface area contributed by atoms with Crippen LogP contribution in [0.15, 0.2) is 41.0 Å². The van der Waals surface area contributed by atoms with Crippen molar-refractivity contribution in [1.82, 2.24) is 19.5 Å². The number of carbonyl (C=O) groups is 1. The Hall–Kier alpha value is -2.41. The number of hydrogen-bond donors (Lipinski definition) is 1. The van der Waals surface area contributed by atoms with Crippen molar-refractivity contribution in [2.45, 2.75) is 40.0 Å². The summed E-state index contributed by atoms with van der Waals surface area (Å²) >= 11 is 3.54. The minimum Gasteiger partial charge on any atom is -0.370 e. The van der Waals surface area contributed by atoms with E-state index in [9.17, 15) is 4.79 Å². The Bertz CT molecular complexity index is 1010. The van der Waals surface area contributed by atoms with Crippen LogP contribution in [0.1, 0.15) is 38.7 Å². The topological polar surface area (TPSA) is 62.5 Å². The fraction of sp³-hybridized carbons (Fsp3) is 0.435. The SMILES string of the molecule is CC.Cc1ccccc1-c1cc(NCCCN(C)C(=O)C2CC2)n2ncc(Br)c2n1. The van der Waals surface area contributed by atoms with Gasteiger partial charge in [-0.25, -0.2) is 4.98 Å². The third-order valence-corrected chi connectivity index (χ3v) is 5.69. The average Bonchev–Trinajstić information content (AvgIpc) is 3.55. The third-order valence-electron chi connectivity index (χ3n) is 5.13. The van der Waals surface area contributed by atoms with Crippen molar-refractivity contribution in [2.75, 3.05) is 25.5 Å². The number of fused-ring (bicyclic) bond motifs is 1. The average molecular weight is 472 g/mol. The molecule has 1 aliphatic rings. The van der Waals surface area contributed by atoms with E-state index in [1.54, 1.807) is 6.20 Å². The van der Waals surface area contributed by atoms with Gasteiger partial charge in [-0.05, 0) is 47.7 Å². The molecule has 6 nitrogen and oxygen atoms in total. The number of nitrogens with zero attached hydrogens (tertiary/aromatic N) is 4. The number of carbonyl (C=O) groups excluding carboxylic acids is 1. The molecule has 1 fully saturated rings. The highest BCUT2D eigenvalue weighted by Gasteiger charge is 2.31. The van der Waals surface area contributed by atoms with E-state index in [0.29, 0.717) is 0 Å². The van der Waals surface area contributed by atoms with Crippen LogP contribution in [0.25, 0.3) is 16.9 Å². The lowest BCUT2D eigenvalue weighted by Gasteiger charge is -2.17. The molecule has 1 aromatic carbocycles. The first-order valence-corrected chi connectivity index (χ1v) is 11.4. The van der Waals surface area contributed by atoms with Crippen LogP contribution in [0.4, 0.5) is 5.82 Å². The summed E-state index contributed by atoms with van der Waals surface area (Å²) in [6, 6.07) is 10.3. The number of halogens is 1. The maximum atomic E-state index is 12.1. The predicted molar refractivity (Wildman–Crippen MR) is 126 cm³/mol. The summed E-state index contributed by atoms with van der Waals surface area (Å²) in [5.41, 5.74) is 3.98. The quantitative estimate of drug-likeness (QED) is 0.483. The summed E-state index contributed by atoms with van der Waals surface area (Å²) in [7, 11) is 1.90. The Labute approximate surface area is 186 Å². The van der Waals surface area contributed by atoms with E-state index in [1.807, 2.05) is 48.5 Å². The number of anilines is 1. The van der Waals surface area contributed by atoms with Crippen molar-refractivity contribution in [3.05, 3.63) is 46.6 Å². The lowest BCUT2D eigenvalue weighted by atomic mass is 10.1. The molecule has 0 aliphatic heterocycles. The first-order valence-electron chi connectivity index (χ1n) is 10.6. The highest BCUT2D eigenvalue weighted by atomic mass is 79.9. The van der Waals surface area contributed by atoms with Gasteiger partial charge >= 0.3 is 0 Å². The summed E-state index contributed by atoms with van der Waals surface area (Å²) in [6.45, 7) is 7.60. The van der Waals surface area contributed by atoms with Crippen molar-refractivity contribution in [3.8, 4) is 11.3 Å². The number of amides is 1. The van der Waals surface area contributed by atoms with Crippen LogP contribution in [-0.4, -0.2) is 45.5 Å². The van der Waals surface area contributed by atoms with E-state index in [2.05, 4.69) is 45.4 Å². The molecule has 1 aliphatic carbocycles. The minimum atomic E-state index is 0.274.